The van der Waals surface area contributed by atoms with E-state index in [0.29, 0.717) is 26.2 Å². The number of fused-ring (bicyclic) bond motifs is 3. The summed E-state index contributed by atoms with van der Waals surface area (Å²) in [4.78, 5) is 16.2. The summed E-state index contributed by atoms with van der Waals surface area (Å²) in [6, 6.07) is 12.5. The molecule has 6 nitrogen and oxygen atoms in total. The molecule has 3 aromatic rings. The number of hydrogen-bond acceptors (Lipinski definition) is 4. The average Bonchev–Trinajstić information content (AvgIpc) is 2.99. The van der Waals surface area contributed by atoms with Gasteiger partial charge in [0.25, 0.3) is 0 Å². The molecule has 8 heteroatoms. The number of ether oxygens (including phenoxy) is 1. The number of rotatable bonds is 4. The zero-order valence-corrected chi connectivity index (χ0v) is 21.8. The third-order valence-corrected chi connectivity index (χ3v) is 6.66. The molecule has 1 N–H and O–H groups in total. The van der Waals surface area contributed by atoms with Crippen LogP contribution in [-0.4, -0.2) is 70.0 Å². The lowest BCUT2D eigenvalue weighted by Crippen LogP contribution is -2.51. The molecule has 0 bridgehead atoms. The predicted molar refractivity (Wildman–Crippen MR) is 135 cm³/mol. The van der Waals surface area contributed by atoms with Gasteiger partial charge < -0.3 is 19.3 Å². The van der Waals surface area contributed by atoms with Gasteiger partial charge in [0.2, 0.25) is 0 Å². The fourth-order valence-corrected chi connectivity index (χ4v) is 4.97. The molecule has 172 valence electrons. The second kappa shape index (κ2) is 9.33. The van der Waals surface area contributed by atoms with Crippen molar-refractivity contribution in [1.82, 2.24) is 14.4 Å². The summed E-state index contributed by atoms with van der Waals surface area (Å²) in [7, 11) is 0. The SMILES string of the molecule is CC(C)(C)OC(=O)N1CCN(C[C@@H](O)Cn2c3ccc(Br)cc3c3cc(Br)ccc32)CC1. The van der Waals surface area contributed by atoms with Crippen LogP contribution < -0.4 is 0 Å². The van der Waals surface area contributed by atoms with E-state index in [1.165, 1.54) is 0 Å². The number of piperazine rings is 1. The molecule has 1 atom stereocenters. The monoisotopic (exact) mass is 565 g/mol. The number of aromatic nitrogens is 1. The van der Waals surface area contributed by atoms with Crippen molar-refractivity contribution in [3.8, 4) is 0 Å². The molecule has 1 aliphatic rings. The van der Waals surface area contributed by atoms with E-state index < -0.39 is 11.7 Å². The van der Waals surface area contributed by atoms with E-state index in [0.717, 1.165) is 43.8 Å². The van der Waals surface area contributed by atoms with Crippen LogP contribution in [0.2, 0.25) is 0 Å². The number of carbonyl (C=O) groups is 1. The number of benzene rings is 2. The minimum atomic E-state index is -0.519. The molecule has 32 heavy (non-hydrogen) atoms. The minimum Gasteiger partial charge on any atom is -0.444 e. The van der Waals surface area contributed by atoms with Crippen LogP contribution in [0.25, 0.3) is 21.8 Å². The first-order chi connectivity index (χ1) is 15.1. The van der Waals surface area contributed by atoms with E-state index in [1.54, 1.807) is 4.90 Å². The van der Waals surface area contributed by atoms with Crippen LogP contribution in [0.15, 0.2) is 45.3 Å². The highest BCUT2D eigenvalue weighted by Crippen LogP contribution is 2.33. The summed E-state index contributed by atoms with van der Waals surface area (Å²) in [5.74, 6) is 0. The lowest BCUT2D eigenvalue weighted by Gasteiger charge is -2.36. The van der Waals surface area contributed by atoms with Crippen LogP contribution in [-0.2, 0) is 11.3 Å². The number of amides is 1. The van der Waals surface area contributed by atoms with Crippen LogP contribution in [0, 0.1) is 0 Å². The van der Waals surface area contributed by atoms with Gasteiger partial charge >= 0.3 is 6.09 Å². The summed E-state index contributed by atoms with van der Waals surface area (Å²) < 4.78 is 9.74. The van der Waals surface area contributed by atoms with E-state index in [9.17, 15) is 9.90 Å². The maximum absolute atomic E-state index is 12.3. The second-order valence-electron chi connectivity index (χ2n) is 9.36. The number of aliphatic hydroxyl groups excluding tert-OH is 1. The van der Waals surface area contributed by atoms with E-state index in [1.807, 2.05) is 32.9 Å². The standard InChI is InChI=1S/C24H29Br2N3O3/c1-24(2,3)32-23(31)28-10-8-27(9-11-28)14-18(30)15-29-21-6-4-16(25)12-19(21)20-13-17(26)5-7-22(20)29/h4-7,12-13,18,30H,8-11,14-15H2,1-3H3/t18-/m1/s1. The summed E-state index contributed by atoms with van der Waals surface area (Å²) in [5.41, 5.74) is 1.72. The van der Waals surface area contributed by atoms with Gasteiger partial charge in [-0.15, -0.1) is 0 Å². The van der Waals surface area contributed by atoms with Crippen molar-refractivity contribution in [3.63, 3.8) is 0 Å². The van der Waals surface area contributed by atoms with Crippen molar-refractivity contribution in [2.24, 2.45) is 0 Å². The quantitative estimate of drug-likeness (QED) is 0.469. The maximum atomic E-state index is 12.3. The molecule has 1 saturated heterocycles. The van der Waals surface area contributed by atoms with Gasteiger partial charge in [-0.2, -0.15) is 0 Å². The Morgan fingerprint density at radius 3 is 2.00 bits per heavy atom. The van der Waals surface area contributed by atoms with Gasteiger partial charge in [-0.05, 0) is 57.2 Å². The summed E-state index contributed by atoms with van der Waals surface area (Å²) in [6.07, 6.45) is -0.783. The fraction of sp³-hybridized carbons (Fsp3) is 0.458. The van der Waals surface area contributed by atoms with E-state index in [4.69, 9.17) is 4.74 Å². The van der Waals surface area contributed by atoms with Crippen molar-refractivity contribution in [2.45, 2.75) is 39.0 Å². The molecule has 0 radical (unpaired) electrons. The van der Waals surface area contributed by atoms with Gasteiger partial charge in [-0.1, -0.05) is 31.9 Å². The predicted octanol–water partition coefficient (Wildman–Crippen LogP) is 5.23. The third-order valence-electron chi connectivity index (χ3n) is 5.68. The van der Waals surface area contributed by atoms with Gasteiger partial charge in [0.15, 0.2) is 0 Å². The number of aliphatic hydroxyl groups is 1. The Morgan fingerprint density at radius 2 is 1.50 bits per heavy atom. The number of β-amino-alcohol motifs (C(OH)–C–C–N with tert-alkyl or cyclic N) is 1. The van der Waals surface area contributed by atoms with Gasteiger partial charge in [-0.3, -0.25) is 4.90 Å². The summed E-state index contributed by atoms with van der Waals surface area (Å²) >= 11 is 7.16. The van der Waals surface area contributed by atoms with Crippen molar-refractivity contribution < 1.29 is 14.6 Å². The highest BCUT2D eigenvalue weighted by molar-refractivity contribution is 9.10. The van der Waals surface area contributed by atoms with Crippen molar-refractivity contribution in [1.29, 1.82) is 0 Å². The van der Waals surface area contributed by atoms with Crippen LogP contribution in [0.1, 0.15) is 20.8 Å². The first-order valence-corrected chi connectivity index (χ1v) is 12.4. The molecule has 1 aliphatic heterocycles. The highest BCUT2D eigenvalue weighted by Gasteiger charge is 2.27. The molecule has 1 aromatic heterocycles. The largest absolute Gasteiger partial charge is 0.444 e. The van der Waals surface area contributed by atoms with Crippen LogP contribution in [0.4, 0.5) is 4.79 Å². The van der Waals surface area contributed by atoms with Crippen LogP contribution in [0.5, 0.6) is 0 Å². The molecule has 2 heterocycles. The molecule has 0 unspecified atom stereocenters. The molecular weight excluding hydrogens is 538 g/mol. The molecular formula is C24H29Br2N3O3. The normalized spacial score (nSPS) is 16.6. The first-order valence-electron chi connectivity index (χ1n) is 10.9. The number of nitrogens with zero attached hydrogens (tertiary/aromatic N) is 3. The Morgan fingerprint density at radius 1 is 0.969 bits per heavy atom. The Hall–Kier alpha value is -1.61. The van der Waals surface area contributed by atoms with Crippen LogP contribution >= 0.6 is 31.9 Å². The Bertz CT molecular complexity index is 1070. The third kappa shape index (κ3) is 5.30. The molecule has 4 rings (SSSR count). The Balaban J connectivity index is 1.44. The zero-order valence-electron chi connectivity index (χ0n) is 18.6. The zero-order chi connectivity index (χ0) is 23.0. The Labute approximate surface area is 205 Å². The molecule has 1 fully saturated rings. The fourth-order valence-electron chi connectivity index (χ4n) is 4.25. The van der Waals surface area contributed by atoms with Gasteiger partial charge in [0, 0.05) is 63.5 Å². The van der Waals surface area contributed by atoms with E-state index >= 15 is 0 Å². The molecule has 2 aromatic carbocycles. The smallest absolute Gasteiger partial charge is 0.410 e. The summed E-state index contributed by atoms with van der Waals surface area (Å²) in [6.45, 7) is 9.38. The molecule has 0 aliphatic carbocycles. The molecule has 1 amide bonds. The summed E-state index contributed by atoms with van der Waals surface area (Å²) in [5, 5.41) is 13.3. The maximum Gasteiger partial charge on any atom is 0.410 e. The lowest BCUT2D eigenvalue weighted by molar-refractivity contribution is 0.00950. The molecule has 0 spiro atoms. The number of hydrogen-bond donors (Lipinski definition) is 1. The van der Waals surface area contributed by atoms with Crippen molar-refractivity contribution in [3.05, 3.63) is 45.3 Å². The number of carbonyl (C=O) groups excluding carboxylic acids is 1. The highest BCUT2D eigenvalue weighted by atomic mass is 79.9. The first kappa shape index (κ1) is 23.5. The van der Waals surface area contributed by atoms with E-state index in [-0.39, 0.29) is 6.09 Å². The van der Waals surface area contributed by atoms with Crippen LogP contribution in [0.3, 0.4) is 0 Å². The average molecular weight is 567 g/mol. The Kier molecular flexibility index (Phi) is 6.86. The molecule has 0 saturated carbocycles. The minimum absolute atomic E-state index is 0.264. The number of halogens is 2. The van der Waals surface area contributed by atoms with Gasteiger partial charge in [0.05, 0.1) is 12.6 Å². The van der Waals surface area contributed by atoms with Gasteiger partial charge in [-0.25, -0.2) is 4.79 Å². The lowest BCUT2D eigenvalue weighted by atomic mass is 10.2. The van der Waals surface area contributed by atoms with Crippen molar-refractivity contribution in [2.75, 3.05) is 32.7 Å². The van der Waals surface area contributed by atoms with Gasteiger partial charge in [0.1, 0.15) is 5.60 Å². The second-order valence-corrected chi connectivity index (χ2v) is 11.2. The van der Waals surface area contributed by atoms with Crippen molar-refractivity contribution >= 4 is 59.8 Å². The van der Waals surface area contributed by atoms with E-state index in [2.05, 4.69) is 65.6 Å². The topological polar surface area (TPSA) is 57.9 Å².